The summed E-state index contributed by atoms with van der Waals surface area (Å²) in [5.74, 6) is 2.37. The molecule has 2 N–H and O–H groups in total. The number of amides is 1. The Kier molecular flexibility index (Phi) is 6.73. The molecule has 1 heterocycles. The average molecular weight is 336 g/mol. The minimum atomic E-state index is 0.0734. The molecule has 1 aliphatic heterocycles. The lowest BCUT2D eigenvalue weighted by molar-refractivity contribution is -0.122. The predicted molar refractivity (Wildman–Crippen MR) is 93.0 cm³/mol. The SMILES string of the molecule is COc1cc(CCC(=O)NC2CNCCC2C)cc(OC)c1OC. The quantitative estimate of drug-likeness (QED) is 0.794. The summed E-state index contributed by atoms with van der Waals surface area (Å²) in [5, 5.41) is 6.46. The van der Waals surface area contributed by atoms with Crippen molar-refractivity contribution in [3.8, 4) is 17.2 Å². The number of hydrogen-bond acceptors (Lipinski definition) is 5. The highest BCUT2D eigenvalue weighted by molar-refractivity contribution is 5.76. The molecule has 1 fully saturated rings. The third kappa shape index (κ3) is 4.54. The van der Waals surface area contributed by atoms with Gasteiger partial charge in [0.25, 0.3) is 0 Å². The summed E-state index contributed by atoms with van der Waals surface area (Å²) in [4.78, 5) is 12.2. The van der Waals surface area contributed by atoms with Gasteiger partial charge in [0.1, 0.15) is 0 Å². The van der Waals surface area contributed by atoms with E-state index in [4.69, 9.17) is 14.2 Å². The van der Waals surface area contributed by atoms with Gasteiger partial charge in [-0.3, -0.25) is 4.79 Å². The van der Waals surface area contributed by atoms with Crippen LogP contribution in [0.15, 0.2) is 12.1 Å². The van der Waals surface area contributed by atoms with Crippen LogP contribution in [0.2, 0.25) is 0 Å². The number of ether oxygens (including phenoxy) is 3. The number of benzene rings is 1. The van der Waals surface area contributed by atoms with Crippen molar-refractivity contribution in [2.24, 2.45) is 5.92 Å². The van der Waals surface area contributed by atoms with Crippen LogP contribution >= 0.6 is 0 Å². The fourth-order valence-corrected chi connectivity index (χ4v) is 3.00. The van der Waals surface area contributed by atoms with Crippen molar-refractivity contribution in [1.82, 2.24) is 10.6 Å². The summed E-state index contributed by atoms with van der Waals surface area (Å²) in [6, 6.07) is 3.99. The highest BCUT2D eigenvalue weighted by Gasteiger charge is 2.22. The van der Waals surface area contributed by atoms with Gasteiger partial charge in [-0.25, -0.2) is 0 Å². The van der Waals surface area contributed by atoms with Crippen molar-refractivity contribution >= 4 is 5.91 Å². The first kappa shape index (κ1) is 18.4. The Balaban J connectivity index is 1.97. The Morgan fingerprint density at radius 2 is 1.88 bits per heavy atom. The van der Waals surface area contributed by atoms with Gasteiger partial charge in [0.2, 0.25) is 11.7 Å². The molecule has 1 amide bonds. The minimum Gasteiger partial charge on any atom is -0.493 e. The van der Waals surface area contributed by atoms with Crippen LogP contribution in [0.3, 0.4) is 0 Å². The monoisotopic (exact) mass is 336 g/mol. The summed E-state index contributed by atoms with van der Waals surface area (Å²) in [5.41, 5.74) is 0.981. The smallest absolute Gasteiger partial charge is 0.220 e. The van der Waals surface area contributed by atoms with Crippen LogP contribution < -0.4 is 24.8 Å². The van der Waals surface area contributed by atoms with Gasteiger partial charge >= 0.3 is 0 Å². The van der Waals surface area contributed by atoms with E-state index >= 15 is 0 Å². The second-order valence-electron chi connectivity index (χ2n) is 6.18. The average Bonchev–Trinajstić information content (AvgIpc) is 2.60. The van der Waals surface area contributed by atoms with Crippen LogP contribution in [0.5, 0.6) is 17.2 Å². The molecule has 0 bridgehead atoms. The molecule has 1 aliphatic rings. The molecule has 0 saturated carbocycles. The first-order chi connectivity index (χ1) is 11.6. The number of rotatable bonds is 7. The number of aryl methyl sites for hydroxylation is 1. The van der Waals surface area contributed by atoms with E-state index in [-0.39, 0.29) is 11.9 Å². The van der Waals surface area contributed by atoms with Gasteiger partial charge in [-0.2, -0.15) is 0 Å². The lowest BCUT2D eigenvalue weighted by Crippen LogP contribution is -2.50. The zero-order valence-corrected chi connectivity index (χ0v) is 15.0. The highest BCUT2D eigenvalue weighted by atomic mass is 16.5. The number of methoxy groups -OCH3 is 3. The Morgan fingerprint density at radius 3 is 2.42 bits per heavy atom. The van der Waals surface area contributed by atoms with E-state index in [0.29, 0.717) is 36.0 Å². The second kappa shape index (κ2) is 8.78. The largest absolute Gasteiger partial charge is 0.493 e. The van der Waals surface area contributed by atoms with Crippen molar-refractivity contribution in [2.75, 3.05) is 34.4 Å². The Morgan fingerprint density at radius 1 is 1.21 bits per heavy atom. The summed E-state index contributed by atoms with van der Waals surface area (Å²) >= 11 is 0. The molecule has 0 radical (unpaired) electrons. The lowest BCUT2D eigenvalue weighted by atomic mass is 9.94. The molecule has 6 heteroatoms. The predicted octanol–water partition coefficient (Wildman–Crippen LogP) is 1.76. The van der Waals surface area contributed by atoms with Gasteiger partial charge in [-0.15, -0.1) is 0 Å². The van der Waals surface area contributed by atoms with Crippen LogP contribution in [-0.2, 0) is 11.2 Å². The molecule has 2 unspecified atom stereocenters. The van der Waals surface area contributed by atoms with E-state index in [2.05, 4.69) is 17.6 Å². The van der Waals surface area contributed by atoms with Gasteiger partial charge in [0.15, 0.2) is 11.5 Å². The van der Waals surface area contributed by atoms with Crippen LogP contribution in [-0.4, -0.2) is 46.4 Å². The van der Waals surface area contributed by atoms with Crippen LogP contribution in [0.4, 0.5) is 0 Å². The number of hydrogen-bond donors (Lipinski definition) is 2. The van der Waals surface area contributed by atoms with Crippen molar-refractivity contribution in [3.63, 3.8) is 0 Å². The maximum Gasteiger partial charge on any atom is 0.220 e. The van der Waals surface area contributed by atoms with E-state index in [9.17, 15) is 4.79 Å². The van der Waals surface area contributed by atoms with Crippen LogP contribution in [0.1, 0.15) is 25.3 Å². The van der Waals surface area contributed by atoms with Gasteiger partial charge in [-0.05, 0) is 43.0 Å². The van der Waals surface area contributed by atoms with Crippen molar-refractivity contribution in [2.45, 2.75) is 32.2 Å². The van der Waals surface area contributed by atoms with E-state index < -0.39 is 0 Å². The molecule has 1 aromatic rings. The van der Waals surface area contributed by atoms with Gasteiger partial charge in [-0.1, -0.05) is 6.92 Å². The number of nitrogens with one attached hydrogen (secondary N) is 2. The summed E-state index contributed by atoms with van der Waals surface area (Å²) in [6.07, 6.45) is 2.15. The number of piperidine rings is 1. The van der Waals surface area contributed by atoms with E-state index in [0.717, 1.165) is 25.1 Å². The molecule has 24 heavy (non-hydrogen) atoms. The van der Waals surface area contributed by atoms with Crippen molar-refractivity contribution in [1.29, 1.82) is 0 Å². The molecule has 6 nitrogen and oxygen atoms in total. The first-order valence-electron chi connectivity index (χ1n) is 8.38. The maximum absolute atomic E-state index is 12.2. The third-order valence-electron chi connectivity index (χ3n) is 4.54. The number of carbonyl (C=O) groups is 1. The lowest BCUT2D eigenvalue weighted by Gasteiger charge is -2.30. The Hall–Kier alpha value is -1.95. The molecular formula is C18H28N2O4. The van der Waals surface area contributed by atoms with Crippen LogP contribution in [0.25, 0.3) is 0 Å². The fraction of sp³-hybridized carbons (Fsp3) is 0.611. The Labute approximate surface area is 143 Å². The molecule has 134 valence electrons. The molecule has 2 atom stereocenters. The topological polar surface area (TPSA) is 68.8 Å². The fourth-order valence-electron chi connectivity index (χ4n) is 3.00. The number of carbonyl (C=O) groups excluding carboxylic acids is 1. The molecule has 1 aromatic carbocycles. The molecule has 0 aromatic heterocycles. The Bertz CT molecular complexity index is 537. The first-order valence-corrected chi connectivity index (χ1v) is 8.38. The highest BCUT2D eigenvalue weighted by Crippen LogP contribution is 2.38. The third-order valence-corrected chi connectivity index (χ3v) is 4.54. The zero-order valence-electron chi connectivity index (χ0n) is 15.0. The molecule has 2 rings (SSSR count). The summed E-state index contributed by atoms with van der Waals surface area (Å²) in [7, 11) is 4.75. The molecule has 1 saturated heterocycles. The second-order valence-corrected chi connectivity index (χ2v) is 6.18. The standard InChI is InChI=1S/C18H28N2O4/c1-12-7-8-19-11-14(12)20-17(21)6-5-13-9-15(22-2)18(24-4)16(10-13)23-3/h9-10,12,14,19H,5-8,11H2,1-4H3,(H,20,21). The zero-order chi connectivity index (χ0) is 17.5. The maximum atomic E-state index is 12.2. The normalized spacial score (nSPS) is 20.3. The van der Waals surface area contributed by atoms with Crippen molar-refractivity contribution < 1.29 is 19.0 Å². The van der Waals surface area contributed by atoms with Gasteiger partial charge < -0.3 is 24.8 Å². The van der Waals surface area contributed by atoms with Crippen LogP contribution in [0, 0.1) is 5.92 Å². The van der Waals surface area contributed by atoms with E-state index in [1.807, 2.05) is 12.1 Å². The minimum absolute atomic E-state index is 0.0734. The van der Waals surface area contributed by atoms with E-state index in [1.165, 1.54) is 0 Å². The molecule has 0 spiro atoms. The molecule has 0 aliphatic carbocycles. The van der Waals surface area contributed by atoms with Gasteiger partial charge in [0, 0.05) is 19.0 Å². The summed E-state index contributed by atoms with van der Waals surface area (Å²) in [6.45, 7) is 4.06. The molecular weight excluding hydrogens is 308 g/mol. The summed E-state index contributed by atoms with van der Waals surface area (Å²) < 4.78 is 16.0. The van der Waals surface area contributed by atoms with Gasteiger partial charge in [0.05, 0.1) is 21.3 Å². The van der Waals surface area contributed by atoms with Crippen molar-refractivity contribution in [3.05, 3.63) is 17.7 Å². The van der Waals surface area contributed by atoms with E-state index in [1.54, 1.807) is 21.3 Å².